The fourth-order valence-electron chi connectivity index (χ4n) is 1.74. The van der Waals surface area contributed by atoms with E-state index >= 15 is 0 Å². The van der Waals surface area contributed by atoms with Crippen LogP contribution in [0, 0.1) is 10.1 Å². The van der Waals surface area contributed by atoms with Crippen molar-refractivity contribution in [3.8, 4) is 5.75 Å². The Morgan fingerprint density at radius 2 is 2.33 bits per heavy atom. The van der Waals surface area contributed by atoms with E-state index in [4.69, 9.17) is 9.47 Å². The van der Waals surface area contributed by atoms with Gasteiger partial charge in [0.1, 0.15) is 5.75 Å². The van der Waals surface area contributed by atoms with E-state index in [2.05, 4.69) is 5.32 Å². The number of ether oxygens (including phenoxy) is 2. The number of rotatable bonds is 3. The topological polar surface area (TPSA) is 90.7 Å². The average molecular weight is 252 g/mol. The molecule has 1 amide bonds. The van der Waals surface area contributed by atoms with E-state index in [1.165, 1.54) is 19.1 Å². The zero-order valence-corrected chi connectivity index (χ0v) is 9.76. The summed E-state index contributed by atoms with van der Waals surface area (Å²) in [7, 11) is 0. The first-order valence-electron chi connectivity index (χ1n) is 5.33. The highest BCUT2D eigenvalue weighted by Crippen LogP contribution is 2.32. The third kappa shape index (κ3) is 2.57. The smallest absolute Gasteiger partial charge is 0.270 e. The Bertz CT molecular complexity index is 500. The van der Waals surface area contributed by atoms with Crippen LogP contribution in [0.25, 0.3) is 0 Å². The second-order valence-electron chi connectivity index (χ2n) is 3.87. The van der Waals surface area contributed by atoms with Crippen LogP contribution in [-0.2, 0) is 22.7 Å². The van der Waals surface area contributed by atoms with Gasteiger partial charge in [0.2, 0.25) is 5.91 Å². The highest BCUT2D eigenvalue weighted by atomic mass is 16.7. The van der Waals surface area contributed by atoms with Gasteiger partial charge in [-0.3, -0.25) is 14.9 Å². The normalized spacial score (nSPS) is 13.4. The van der Waals surface area contributed by atoms with E-state index in [-0.39, 0.29) is 31.5 Å². The van der Waals surface area contributed by atoms with Gasteiger partial charge >= 0.3 is 0 Å². The predicted octanol–water partition coefficient (Wildman–Crippen LogP) is 1.10. The third-order valence-corrected chi connectivity index (χ3v) is 2.51. The number of fused-ring (bicyclic) bond motifs is 1. The minimum absolute atomic E-state index is 0.0387. The number of benzene rings is 1. The van der Waals surface area contributed by atoms with Gasteiger partial charge in [0.05, 0.1) is 11.5 Å². The van der Waals surface area contributed by atoms with Crippen molar-refractivity contribution in [1.82, 2.24) is 5.32 Å². The van der Waals surface area contributed by atoms with Crippen molar-refractivity contribution in [1.29, 1.82) is 0 Å². The summed E-state index contributed by atoms with van der Waals surface area (Å²) in [5.74, 6) is 0.350. The van der Waals surface area contributed by atoms with Crippen LogP contribution in [0.1, 0.15) is 18.1 Å². The van der Waals surface area contributed by atoms with Crippen LogP contribution >= 0.6 is 0 Å². The van der Waals surface area contributed by atoms with E-state index in [0.29, 0.717) is 16.9 Å². The molecule has 7 nitrogen and oxygen atoms in total. The Morgan fingerprint density at radius 1 is 1.56 bits per heavy atom. The molecule has 1 aliphatic heterocycles. The molecule has 18 heavy (non-hydrogen) atoms. The molecule has 1 aliphatic rings. The molecule has 1 aromatic carbocycles. The minimum atomic E-state index is -0.480. The van der Waals surface area contributed by atoms with Gasteiger partial charge in [-0.25, -0.2) is 0 Å². The SMILES string of the molecule is CC(=O)NCc1cc([N+](=O)[O-])cc2c1OCOC2. The number of carbonyl (C=O) groups excluding carboxylic acids is 1. The second kappa shape index (κ2) is 5.01. The molecule has 0 saturated heterocycles. The lowest BCUT2D eigenvalue weighted by molar-refractivity contribution is -0.385. The first-order chi connectivity index (χ1) is 8.58. The molecule has 1 N–H and O–H groups in total. The predicted molar refractivity (Wildman–Crippen MR) is 60.9 cm³/mol. The van der Waals surface area contributed by atoms with Crippen molar-refractivity contribution in [3.05, 3.63) is 33.4 Å². The van der Waals surface area contributed by atoms with Crippen LogP contribution in [0.5, 0.6) is 5.75 Å². The number of non-ortho nitro benzene ring substituents is 1. The summed E-state index contributed by atoms with van der Waals surface area (Å²) in [5, 5.41) is 13.4. The molecule has 0 fully saturated rings. The van der Waals surface area contributed by atoms with Crippen LogP contribution in [-0.4, -0.2) is 17.6 Å². The van der Waals surface area contributed by atoms with Gasteiger partial charge in [-0.05, 0) is 0 Å². The van der Waals surface area contributed by atoms with Gasteiger partial charge in [0.25, 0.3) is 5.69 Å². The number of amides is 1. The Labute approximate surface area is 103 Å². The summed E-state index contributed by atoms with van der Waals surface area (Å²) in [6.07, 6.45) is 0. The molecule has 7 heteroatoms. The molecule has 0 saturated carbocycles. The molecule has 0 radical (unpaired) electrons. The Morgan fingerprint density at radius 3 is 3.00 bits per heavy atom. The number of hydrogen-bond acceptors (Lipinski definition) is 5. The zero-order valence-electron chi connectivity index (χ0n) is 9.76. The van der Waals surface area contributed by atoms with Gasteiger partial charge in [-0.1, -0.05) is 0 Å². The summed E-state index contributed by atoms with van der Waals surface area (Å²) < 4.78 is 10.4. The van der Waals surface area contributed by atoms with E-state index in [0.717, 1.165) is 0 Å². The number of hydrogen-bond donors (Lipinski definition) is 1. The van der Waals surface area contributed by atoms with E-state index in [9.17, 15) is 14.9 Å². The van der Waals surface area contributed by atoms with E-state index in [1.54, 1.807) is 0 Å². The van der Waals surface area contributed by atoms with Gasteiger partial charge in [-0.2, -0.15) is 0 Å². The second-order valence-corrected chi connectivity index (χ2v) is 3.87. The molecule has 0 aromatic heterocycles. The zero-order chi connectivity index (χ0) is 13.1. The number of nitrogens with zero attached hydrogens (tertiary/aromatic N) is 1. The third-order valence-electron chi connectivity index (χ3n) is 2.51. The van der Waals surface area contributed by atoms with Crippen molar-refractivity contribution in [3.63, 3.8) is 0 Å². The minimum Gasteiger partial charge on any atom is -0.467 e. The van der Waals surface area contributed by atoms with Gasteiger partial charge in [0.15, 0.2) is 6.79 Å². The number of nitro groups is 1. The molecule has 0 spiro atoms. The summed E-state index contributed by atoms with van der Waals surface area (Å²) in [6.45, 7) is 1.95. The maximum Gasteiger partial charge on any atom is 0.270 e. The molecule has 0 atom stereocenters. The largest absolute Gasteiger partial charge is 0.467 e. The van der Waals surface area contributed by atoms with Gasteiger partial charge < -0.3 is 14.8 Å². The fraction of sp³-hybridized carbons (Fsp3) is 0.364. The average Bonchev–Trinajstić information content (AvgIpc) is 2.35. The monoisotopic (exact) mass is 252 g/mol. The van der Waals surface area contributed by atoms with Crippen LogP contribution < -0.4 is 10.1 Å². The lowest BCUT2D eigenvalue weighted by Crippen LogP contribution is -2.21. The standard InChI is InChI=1S/C11H12N2O5/c1-7(14)12-4-8-2-10(13(15)16)3-9-5-17-6-18-11(8)9/h2-3H,4-6H2,1H3,(H,12,14). The van der Waals surface area contributed by atoms with Crippen LogP contribution in [0.4, 0.5) is 5.69 Å². The summed E-state index contributed by atoms with van der Waals surface area (Å²) in [5.41, 5.74) is 1.16. The van der Waals surface area contributed by atoms with Gasteiger partial charge in [-0.15, -0.1) is 0 Å². The summed E-state index contributed by atoms with van der Waals surface area (Å²) >= 11 is 0. The van der Waals surface area contributed by atoms with E-state index in [1.807, 2.05) is 0 Å². The molecule has 2 rings (SSSR count). The molecule has 1 heterocycles. The number of carbonyl (C=O) groups is 1. The highest BCUT2D eigenvalue weighted by Gasteiger charge is 2.20. The maximum absolute atomic E-state index is 10.9. The fourth-order valence-corrected chi connectivity index (χ4v) is 1.74. The number of nitrogens with one attached hydrogen (secondary N) is 1. The van der Waals surface area contributed by atoms with Crippen molar-refractivity contribution >= 4 is 11.6 Å². The molecular weight excluding hydrogens is 240 g/mol. The summed E-state index contributed by atoms with van der Waals surface area (Å²) in [4.78, 5) is 21.2. The molecular formula is C11H12N2O5. The Kier molecular flexibility index (Phi) is 3.42. The van der Waals surface area contributed by atoms with E-state index < -0.39 is 4.92 Å². The number of nitro benzene ring substituents is 1. The molecule has 96 valence electrons. The summed E-state index contributed by atoms with van der Waals surface area (Å²) in [6, 6.07) is 2.83. The van der Waals surface area contributed by atoms with Crippen LogP contribution in [0.15, 0.2) is 12.1 Å². The van der Waals surface area contributed by atoms with Crippen LogP contribution in [0.3, 0.4) is 0 Å². The molecule has 1 aromatic rings. The molecule has 0 bridgehead atoms. The van der Waals surface area contributed by atoms with Crippen molar-refractivity contribution in [2.75, 3.05) is 6.79 Å². The van der Waals surface area contributed by atoms with Crippen molar-refractivity contribution in [2.24, 2.45) is 0 Å². The first-order valence-corrected chi connectivity index (χ1v) is 5.33. The Balaban J connectivity index is 2.37. The highest BCUT2D eigenvalue weighted by molar-refractivity contribution is 5.73. The first kappa shape index (κ1) is 12.3. The lowest BCUT2D eigenvalue weighted by Gasteiger charge is -2.20. The van der Waals surface area contributed by atoms with Gasteiger partial charge in [0, 0.05) is 36.7 Å². The maximum atomic E-state index is 10.9. The molecule has 0 unspecified atom stereocenters. The molecule has 0 aliphatic carbocycles. The quantitative estimate of drug-likeness (QED) is 0.642. The van der Waals surface area contributed by atoms with Crippen LogP contribution in [0.2, 0.25) is 0 Å². The lowest BCUT2D eigenvalue weighted by atomic mass is 10.1. The van der Waals surface area contributed by atoms with Crippen molar-refractivity contribution < 1.29 is 19.2 Å². The Hall–Kier alpha value is -2.15. The van der Waals surface area contributed by atoms with Crippen molar-refractivity contribution in [2.45, 2.75) is 20.1 Å².